The summed E-state index contributed by atoms with van der Waals surface area (Å²) in [5, 5.41) is 15.7. The lowest BCUT2D eigenvalue weighted by atomic mass is 9.85. The maximum Gasteiger partial charge on any atom is 0.418 e. The Morgan fingerprint density at radius 1 is 1.17 bits per heavy atom. The van der Waals surface area contributed by atoms with Crippen molar-refractivity contribution in [2.75, 3.05) is 0 Å². The Hall–Kier alpha value is -3.49. The van der Waals surface area contributed by atoms with E-state index in [0.717, 1.165) is 22.9 Å². The van der Waals surface area contributed by atoms with Gasteiger partial charge >= 0.3 is 6.18 Å². The first kappa shape index (κ1) is 25.6. The Bertz CT molecular complexity index is 1250. The molecular formula is C27H30F3N3O3. The highest BCUT2D eigenvalue weighted by atomic mass is 19.4. The van der Waals surface area contributed by atoms with Crippen LogP contribution < -0.4 is 10.6 Å². The van der Waals surface area contributed by atoms with Crippen LogP contribution in [0.1, 0.15) is 49.1 Å². The lowest BCUT2D eigenvalue weighted by Gasteiger charge is -2.28. The monoisotopic (exact) mass is 501 g/mol. The molecule has 0 bridgehead atoms. The van der Waals surface area contributed by atoms with Gasteiger partial charge in [-0.2, -0.15) is 13.2 Å². The van der Waals surface area contributed by atoms with Crippen LogP contribution in [0.2, 0.25) is 0 Å². The molecule has 0 spiro atoms. The fourth-order valence-corrected chi connectivity index (χ4v) is 4.79. The van der Waals surface area contributed by atoms with Gasteiger partial charge in [-0.15, -0.1) is 0 Å². The fourth-order valence-electron chi connectivity index (χ4n) is 4.79. The summed E-state index contributed by atoms with van der Waals surface area (Å²) in [4.78, 5) is 29.1. The van der Waals surface area contributed by atoms with Crippen molar-refractivity contribution < 1.29 is 27.9 Å². The second-order valence-corrected chi connectivity index (χ2v) is 9.50. The maximum atomic E-state index is 13.5. The highest BCUT2D eigenvalue weighted by Gasteiger charge is 2.36. The topological polar surface area (TPSA) is 94.2 Å². The van der Waals surface area contributed by atoms with Crippen molar-refractivity contribution in [2.24, 2.45) is 11.8 Å². The first-order valence-electron chi connectivity index (χ1n) is 12.1. The number of halogens is 3. The molecule has 9 heteroatoms. The number of nitrogens with one attached hydrogen (secondary N) is 3. The van der Waals surface area contributed by atoms with Crippen LogP contribution in [-0.2, 0) is 35.2 Å². The number of alkyl halides is 3. The molecule has 4 rings (SSSR count). The van der Waals surface area contributed by atoms with E-state index in [1.807, 2.05) is 13.8 Å². The quantitative estimate of drug-likeness (QED) is 0.373. The number of para-hydroxylation sites is 1. The van der Waals surface area contributed by atoms with Crippen LogP contribution in [0.25, 0.3) is 10.9 Å². The third-order valence-electron chi connectivity index (χ3n) is 7.10. The lowest BCUT2D eigenvalue weighted by Crippen LogP contribution is -2.52. The number of aromatic nitrogens is 1. The molecule has 0 aliphatic heterocycles. The van der Waals surface area contributed by atoms with Gasteiger partial charge in [-0.05, 0) is 54.5 Å². The molecule has 3 aromatic rings. The summed E-state index contributed by atoms with van der Waals surface area (Å²) in [7, 11) is 0. The van der Waals surface area contributed by atoms with Crippen LogP contribution in [-0.4, -0.2) is 27.9 Å². The second-order valence-electron chi connectivity index (χ2n) is 9.50. The third-order valence-corrected chi connectivity index (χ3v) is 7.10. The predicted molar refractivity (Wildman–Crippen MR) is 130 cm³/mol. The Kier molecular flexibility index (Phi) is 7.28. The van der Waals surface area contributed by atoms with Crippen LogP contribution in [0.15, 0.2) is 42.5 Å². The van der Waals surface area contributed by atoms with Gasteiger partial charge < -0.3 is 20.7 Å². The molecule has 0 radical (unpaired) electrons. The zero-order chi connectivity index (χ0) is 26.0. The van der Waals surface area contributed by atoms with Crippen molar-refractivity contribution >= 4 is 22.7 Å². The SMILES string of the molecule is CCC(C)[C@H](NC(=O)C1CCc2[nH]c3c(C(F)(F)F)cccc3c2C1)C(=O)NCc1ccc(O)cc1. The van der Waals surface area contributed by atoms with E-state index in [1.54, 1.807) is 18.2 Å². The van der Waals surface area contributed by atoms with Gasteiger partial charge in [-0.25, -0.2) is 0 Å². The van der Waals surface area contributed by atoms with E-state index in [-0.39, 0.29) is 35.5 Å². The number of rotatable bonds is 7. The minimum atomic E-state index is -4.47. The number of aryl methyl sites for hydroxylation is 1. The third kappa shape index (κ3) is 5.34. The largest absolute Gasteiger partial charge is 0.508 e. The van der Waals surface area contributed by atoms with Crippen molar-refractivity contribution in [3.8, 4) is 5.75 Å². The zero-order valence-electron chi connectivity index (χ0n) is 20.2. The molecule has 36 heavy (non-hydrogen) atoms. The minimum absolute atomic E-state index is 0.0575. The normalized spacial score (nSPS) is 17.3. The second kappa shape index (κ2) is 10.2. The van der Waals surface area contributed by atoms with Crippen molar-refractivity contribution in [3.63, 3.8) is 0 Å². The van der Waals surface area contributed by atoms with Crippen LogP contribution in [0.4, 0.5) is 13.2 Å². The van der Waals surface area contributed by atoms with Crippen molar-refractivity contribution in [3.05, 3.63) is 64.8 Å². The molecule has 4 N–H and O–H groups in total. The van der Waals surface area contributed by atoms with Crippen LogP contribution in [0.5, 0.6) is 5.75 Å². The number of H-pyrrole nitrogens is 1. The predicted octanol–water partition coefficient (Wildman–Crippen LogP) is 4.84. The Balaban J connectivity index is 1.47. The van der Waals surface area contributed by atoms with Gasteiger partial charge in [-0.1, -0.05) is 44.5 Å². The molecule has 1 aromatic heterocycles. The molecular weight excluding hydrogens is 471 g/mol. The molecule has 0 fully saturated rings. The number of aromatic amines is 1. The molecule has 2 aromatic carbocycles. The van der Waals surface area contributed by atoms with E-state index in [9.17, 15) is 27.9 Å². The van der Waals surface area contributed by atoms with Crippen LogP contribution in [0, 0.1) is 11.8 Å². The Morgan fingerprint density at radius 3 is 2.56 bits per heavy atom. The summed E-state index contributed by atoms with van der Waals surface area (Å²) in [5.41, 5.74) is 1.63. The Labute approximate surface area is 207 Å². The first-order chi connectivity index (χ1) is 17.1. The smallest absolute Gasteiger partial charge is 0.418 e. The van der Waals surface area contributed by atoms with Gasteiger partial charge in [0.15, 0.2) is 0 Å². The number of amides is 2. The highest BCUT2D eigenvalue weighted by Crippen LogP contribution is 2.39. The molecule has 2 amide bonds. The van der Waals surface area contributed by atoms with E-state index in [2.05, 4.69) is 15.6 Å². The van der Waals surface area contributed by atoms with E-state index in [0.29, 0.717) is 31.1 Å². The molecule has 1 aliphatic carbocycles. The molecule has 3 atom stereocenters. The van der Waals surface area contributed by atoms with E-state index >= 15 is 0 Å². The van der Waals surface area contributed by atoms with Crippen molar-refractivity contribution in [1.29, 1.82) is 0 Å². The fraction of sp³-hybridized carbons (Fsp3) is 0.407. The minimum Gasteiger partial charge on any atom is -0.508 e. The number of aromatic hydroxyl groups is 1. The number of carbonyl (C=O) groups is 2. The summed E-state index contributed by atoms with van der Waals surface area (Å²) in [6, 6.07) is 9.85. The number of phenols is 1. The van der Waals surface area contributed by atoms with Gasteiger partial charge in [0.2, 0.25) is 11.8 Å². The highest BCUT2D eigenvalue weighted by molar-refractivity contribution is 5.91. The maximum absolute atomic E-state index is 13.5. The van der Waals surface area contributed by atoms with E-state index in [4.69, 9.17) is 0 Å². The molecule has 0 saturated heterocycles. The summed E-state index contributed by atoms with van der Waals surface area (Å²) >= 11 is 0. The molecule has 6 nitrogen and oxygen atoms in total. The van der Waals surface area contributed by atoms with Crippen LogP contribution >= 0.6 is 0 Å². The number of carbonyl (C=O) groups excluding carboxylic acids is 2. The lowest BCUT2D eigenvalue weighted by molar-refractivity contribution is -0.136. The van der Waals surface area contributed by atoms with Gasteiger partial charge in [0, 0.05) is 23.5 Å². The molecule has 1 aliphatic rings. The summed E-state index contributed by atoms with van der Waals surface area (Å²) in [6.45, 7) is 4.09. The first-order valence-corrected chi connectivity index (χ1v) is 12.1. The molecule has 0 saturated carbocycles. The van der Waals surface area contributed by atoms with Gasteiger partial charge in [-0.3, -0.25) is 9.59 Å². The molecule has 1 heterocycles. The number of fused-ring (bicyclic) bond motifs is 3. The standard InChI is InChI=1S/C27H30F3N3O3/c1-3-15(2)23(26(36)31-14-16-7-10-18(34)11-8-16)33-25(35)17-9-12-22-20(13-17)19-5-4-6-21(24(19)32-22)27(28,29)30/h4-8,10-11,15,17,23,32,34H,3,9,12-14H2,1-2H3,(H,31,36)(H,33,35)/t15?,17?,23-/m0/s1. The van der Waals surface area contributed by atoms with Gasteiger partial charge in [0.25, 0.3) is 0 Å². The van der Waals surface area contributed by atoms with Crippen LogP contribution in [0.3, 0.4) is 0 Å². The summed E-state index contributed by atoms with van der Waals surface area (Å²) in [5.74, 6) is -0.996. The number of phenolic OH excluding ortho intramolecular Hbond substituents is 1. The van der Waals surface area contributed by atoms with E-state index < -0.39 is 23.7 Å². The number of hydrogen-bond acceptors (Lipinski definition) is 3. The van der Waals surface area contributed by atoms with Crippen molar-refractivity contribution in [2.45, 2.75) is 58.3 Å². The van der Waals surface area contributed by atoms with Gasteiger partial charge in [0.1, 0.15) is 11.8 Å². The Morgan fingerprint density at radius 2 is 1.89 bits per heavy atom. The van der Waals surface area contributed by atoms with Gasteiger partial charge in [0.05, 0.1) is 11.1 Å². The zero-order valence-corrected chi connectivity index (χ0v) is 20.2. The summed E-state index contributed by atoms with van der Waals surface area (Å²) in [6.07, 6.45) is -2.55. The van der Waals surface area contributed by atoms with E-state index in [1.165, 1.54) is 18.2 Å². The average Bonchev–Trinajstić information content (AvgIpc) is 3.23. The molecule has 2 unspecified atom stereocenters. The summed E-state index contributed by atoms with van der Waals surface area (Å²) < 4.78 is 40.4. The average molecular weight is 502 g/mol. The van der Waals surface area contributed by atoms with Crippen molar-refractivity contribution in [1.82, 2.24) is 15.6 Å². The molecule has 192 valence electrons. The number of hydrogen-bond donors (Lipinski definition) is 4. The number of benzene rings is 2.